The van der Waals surface area contributed by atoms with Gasteiger partial charge in [-0.3, -0.25) is 10.1 Å². The molecule has 19 heavy (non-hydrogen) atoms. The molecule has 0 spiro atoms. The molecule has 7 heteroatoms. The van der Waals surface area contributed by atoms with Crippen molar-refractivity contribution >= 4 is 11.4 Å². The average molecular weight is 272 g/mol. The fraction of sp³-hybridized carbons (Fsp3) is 0.500. The lowest BCUT2D eigenvalue weighted by molar-refractivity contribution is -0.385. The van der Waals surface area contributed by atoms with Crippen molar-refractivity contribution in [3.63, 3.8) is 0 Å². The van der Waals surface area contributed by atoms with Crippen LogP contribution >= 0.6 is 0 Å². The van der Waals surface area contributed by atoms with Crippen LogP contribution in [0.3, 0.4) is 0 Å². The van der Waals surface area contributed by atoms with Gasteiger partial charge in [-0.05, 0) is 20.8 Å². The normalized spacial score (nSPS) is 12.9. The third-order valence-corrected chi connectivity index (χ3v) is 2.97. The Labute approximate surface area is 110 Å². The molecule has 0 fully saturated rings. The van der Waals surface area contributed by atoms with Gasteiger partial charge in [0.2, 0.25) is 0 Å². The number of rotatable bonds is 5. The van der Waals surface area contributed by atoms with Crippen LogP contribution in [0.1, 0.15) is 20.8 Å². The molecule has 0 radical (unpaired) electrons. The van der Waals surface area contributed by atoms with Gasteiger partial charge in [0, 0.05) is 6.07 Å². The van der Waals surface area contributed by atoms with Gasteiger partial charge >= 0.3 is 5.69 Å². The van der Waals surface area contributed by atoms with E-state index in [1.54, 1.807) is 20.8 Å². The summed E-state index contributed by atoms with van der Waals surface area (Å²) in [7, 11) is 1.27. The third-order valence-electron chi connectivity index (χ3n) is 2.97. The predicted octanol–water partition coefficient (Wildman–Crippen LogP) is 2.31. The highest BCUT2D eigenvalue weighted by molar-refractivity contribution is 5.60. The largest absolute Gasteiger partial charge is 0.490 e. The molecule has 0 aromatic heterocycles. The van der Waals surface area contributed by atoms with Crippen molar-refractivity contribution in [1.29, 1.82) is 0 Å². The number of aliphatic hydroxyl groups is 1. The predicted molar refractivity (Wildman–Crippen MR) is 69.0 cm³/mol. The number of nitro groups is 1. The van der Waals surface area contributed by atoms with Crippen LogP contribution in [0, 0.1) is 15.9 Å². The molecule has 0 amide bonds. The Bertz CT molecular complexity index is 489. The molecule has 0 aliphatic carbocycles. The van der Waals surface area contributed by atoms with Gasteiger partial charge in [0.1, 0.15) is 0 Å². The Hall–Kier alpha value is -1.89. The van der Waals surface area contributed by atoms with E-state index in [0.717, 1.165) is 6.07 Å². The first-order valence-corrected chi connectivity index (χ1v) is 5.67. The number of methoxy groups -OCH3 is 1. The van der Waals surface area contributed by atoms with Crippen LogP contribution in [0.25, 0.3) is 0 Å². The highest BCUT2D eigenvalue weighted by Gasteiger charge is 2.27. The van der Waals surface area contributed by atoms with Crippen molar-refractivity contribution in [2.24, 2.45) is 0 Å². The molecule has 1 unspecified atom stereocenters. The van der Waals surface area contributed by atoms with E-state index in [-0.39, 0.29) is 11.4 Å². The number of hydrogen-bond acceptors (Lipinski definition) is 5. The second-order valence-electron chi connectivity index (χ2n) is 4.78. The number of benzene rings is 1. The summed E-state index contributed by atoms with van der Waals surface area (Å²) in [4.78, 5) is 10.0. The molecule has 0 aliphatic heterocycles. The highest BCUT2D eigenvalue weighted by Crippen LogP contribution is 2.33. The van der Waals surface area contributed by atoms with Crippen molar-refractivity contribution in [1.82, 2.24) is 0 Å². The second-order valence-corrected chi connectivity index (χ2v) is 4.78. The van der Waals surface area contributed by atoms with Crippen molar-refractivity contribution in [2.75, 3.05) is 12.4 Å². The molecule has 1 atom stereocenters. The van der Waals surface area contributed by atoms with E-state index >= 15 is 0 Å². The minimum Gasteiger partial charge on any atom is -0.490 e. The standard InChI is InChI=1S/C12H17FN2O4/c1-7(16)12(2,3)14-9-6-11(19-4)10(15(17)18)5-8(9)13/h5-7,14,16H,1-4H3. The van der Waals surface area contributed by atoms with Crippen molar-refractivity contribution in [3.05, 3.63) is 28.1 Å². The molecule has 106 valence electrons. The molecular weight excluding hydrogens is 255 g/mol. The van der Waals surface area contributed by atoms with Gasteiger partial charge in [-0.2, -0.15) is 0 Å². The number of aliphatic hydroxyl groups excluding tert-OH is 1. The zero-order valence-electron chi connectivity index (χ0n) is 11.2. The van der Waals surface area contributed by atoms with E-state index in [9.17, 15) is 19.6 Å². The summed E-state index contributed by atoms with van der Waals surface area (Å²) in [5.41, 5.74) is -1.20. The lowest BCUT2D eigenvalue weighted by atomic mass is 9.98. The highest BCUT2D eigenvalue weighted by atomic mass is 19.1. The molecule has 1 aromatic rings. The van der Waals surface area contributed by atoms with Crippen LogP contribution in [0.2, 0.25) is 0 Å². The maximum absolute atomic E-state index is 13.8. The molecule has 1 aromatic carbocycles. The van der Waals surface area contributed by atoms with Gasteiger partial charge in [-0.15, -0.1) is 0 Å². The monoisotopic (exact) mass is 272 g/mol. The Balaban J connectivity index is 3.20. The summed E-state index contributed by atoms with van der Waals surface area (Å²) >= 11 is 0. The zero-order chi connectivity index (χ0) is 14.8. The van der Waals surface area contributed by atoms with E-state index in [4.69, 9.17) is 4.74 Å². The molecule has 0 saturated carbocycles. The molecular formula is C12H17FN2O4. The first-order chi connectivity index (χ1) is 8.69. The summed E-state index contributed by atoms with van der Waals surface area (Å²) in [5.74, 6) is -0.823. The molecule has 6 nitrogen and oxygen atoms in total. The van der Waals surface area contributed by atoms with E-state index in [1.807, 2.05) is 0 Å². The maximum Gasteiger partial charge on any atom is 0.313 e. The second kappa shape index (κ2) is 5.40. The van der Waals surface area contributed by atoms with Crippen LogP contribution in [-0.2, 0) is 0 Å². The van der Waals surface area contributed by atoms with Crippen LogP contribution in [-0.4, -0.2) is 28.8 Å². The Morgan fingerprint density at radius 1 is 1.53 bits per heavy atom. The Morgan fingerprint density at radius 2 is 2.11 bits per heavy atom. The SMILES string of the molecule is COc1cc(NC(C)(C)C(C)O)c(F)cc1[N+](=O)[O-]. The number of halogens is 1. The zero-order valence-corrected chi connectivity index (χ0v) is 11.2. The first kappa shape index (κ1) is 15.2. The van der Waals surface area contributed by atoms with Crippen LogP contribution in [0.4, 0.5) is 15.8 Å². The van der Waals surface area contributed by atoms with Gasteiger partial charge in [0.15, 0.2) is 11.6 Å². The first-order valence-electron chi connectivity index (χ1n) is 5.67. The fourth-order valence-electron chi connectivity index (χ4n) is 1.40. The van der Waals surface area contributed by atoms with E-state index in [2.05, 4.69) is 5.32 Å². The lowest BCUT2D eigenvalue weighted by Crippen LogP contribution is -2.42. The van der Waals surface area contributed by atoms with E-state index in [1.165, 1.54) is 13.2 Å². The number of nitro benzene ring substituents is 1. The Morgan fingerprint density at radius 3 is 2.53 bits per heavy atom. The van der Waals surface area contributed by atoms with Crippen molar-refractivity contribution in [3.8, 4) is 5.75 Å². The van der Waals surface area contributed by atoms with E-state index in [0.29, 0.717) is 0 Å². The third kappa shape index (κ3) is 3.31. The summed E-state index contributed by atoms with van der Waals surface area (Å²) < 4.78 is 18.7. The van der Waals surface area contributed by atoms with Gasteiger partial charge in [-0.1, -0.05) is 0 Å². The van der Waals surface area contributed by atoms with Crippen molar-refractivity contribution in [2.45, 2.75) is 32.4 Å². The average Bonchev–Trinajstić information content (AvgIpc) is 2.30. The van der Waals surface area contributed by atoms with Gasteiger partial charge < -0.3 is 15.2 Å². The number of nitrogens with one attached hydrogen (secondary N) is 1. The van der Waals surface area contributed by atoms with Crippen molar-refractivity contribution < 1.29 is 19.2 Å². The molecule has 0 heterocycles. The number of hydrogen-bond donors (Lipinski definition) is 2. The van der Waals surface area contributed by atoms with Crippen LogP contribution in [0.5, 0.6) is 5.75 Å². The number of ether oxygens (including phenoxy) is 1. The summed E-state index contributed by atoms with van der Waals surface area (Å²) in [6.07, 6.45) is -0.743. The van der Waals surface area contributed by atoms with Crippen LogP contribution in [0.15, 0.2) is 12.1 Å². The molecule has 0 bridgehead atoms. The summed E-state index contributed by atoms with van der Waals surface area (Å²) in [5, 5.41) is 23.1. The van der Waals surface area contributed by atoms with Gasteiger partial charge in [-0.25, -0.2) is 4.39 Å². The minimum absolute atomic E-state index is 0.0355. The molecule has 2 N–H and O–H groups in total. The topological polar surface area (TPSA) is 84.6 Å². The van der Waals surface area contributed by atoms with Gasteiger partial charge in [0.25, 0.3) is 0 Å². The summed E-state index contributed by atoms with van der Waals surface area (Å²) in [6, 6.07) is 2.00. The molecule has 1 rings (SSSR count). The maximum atomic E-state index is 13.8. The number of nitrogens with zero attached hydrogens (tertiary/aromatic N) is 1. The van der Waals surface area contributed by atoms with E-state index < -0.39 is 28.1 Å². The Kier molecular flexibility index (Phi) is 4.31. The van der Waals surface area contributed by atoms with Gasteiger partial charge in [0.05, 0.1) is 35.4 Å². The molecule has 0 saturated heterocycles. The van der Waals surface area contributed by atoms with Crippen LogP contribution < -0.4 is 10.1 Å². The summed E-state index contributed by atoms with van der Waals surface area (Å²) in [6.45, 7) is 4.93. The minimum atomic E-state index is -0.790. The molecule has 0 aliphatic rings. The quantitative estimate of drug-likeness (QED) is 0.634. The fourth-order valence-corrected chi connectivity index (χ4v) is 1.40. The lowest BCUT2D eigenvalue weighted by Gasteiger charge is -2.30. The number of anilines is 1. The smallest absolute Gasteiger partial charge is 0.313 e.